The predicted octanol–water partition coefficient (Wildman–Crippen LogP) is 2.07. The zero-order chi connectivity index (χ0) is 16.0. The van der Waals surface area contributed by atoms with E-state index < -0.39 is 5.60 Å². The number of amides is 1. The van der Waals surface area contributed by atoms with E-state index in [2.05, 4.69) is 10.1 Å². The molecule has 1 saturated carbocycles. The Morgan fingerprint density at radius 1 is 1.35 bits per heavy atom. The van der Waals surface area contributed by atoms with E-state index in [1.807, 2.05) is 24.3 Å². The van der Waals surface area contributed by atoms with Crippen molar-refractivity contribution in [3.63, 3.8) is 0 Å². The zero-order valence-corrected chi connectivity index (χ0v) is 12.5. The SMILES string of the molecule is CN(C(=O)C12CC1C(=NO)c1ccccc1O2)c1ccccn1. The molecule has 2 aliphatic rings. The molecule has 2 heterocycles. The van der Waals surface area contributed by atoms with Gasteiger partial charge in [0.15, 0.2) is 5.60 Å². The van der Waals surface area contributed by atoms with Gasteiger partial charge >= 0.3 is 0 Å². The van der Waals surface area contributed by atoms with Gasteiger partial charge in [-0.2, -0.15) is 0 Å². The fourth-order valence-electron chi connectivity index (χ4n) is 3.17. The maximum Gasteiger partial charge on any atom is 0.272 e. The molecule has 4 rings (SSSR count). The third kappa shape index (κ3) is 1.91. The molecule has 0 bridgehead atoms. The molecule has 1 aliphatic heterocycles. The number of pyridine rings is 1. The van der Waals surface area contributed by atoms with Crippen LogP contribution in [0.5, 0.6) is 5.75 Å². The number of likely N-dealkylation sites (N-methyl/N-ethyl adjacent to an activating group) is 1. The van der Waals surface area contributed by atoms with E-state index in [0.717, 1.165) is 5.56 Å². The average Bonchev–Trinajstić information content (AvgIpc) is 3.34. The van der Waals surface area contributed by atoms with Gasteiger partial charge in [0.25, 0.3) is 5.91 Å². The Bertz CT molecular complexity index is 806. The summed E-state index contributed by atoms with van der Waals surface area (Å²) in [5, 5.41) is 12.8. The molecule has 2 aromatic rings. The van der Waals surface area contributed by atoms with Crippen molar-refractivity contribution in [2.45, 2.75) is 12.0 Å². The summed E-state index contributed by atoms with van der Waals surface area (Å²) in [5.74, 6) is 0.706. The first-order valence-corrected chi connectivity index (χ1v) is 7.37. The van der Waals surface area contributed by atoms with E-state index >= 15 is 0 Å². The van der Waals surface area contributed by atoms with Crippen LogP contribution in [0.4, 0.5) is 5.82 Å². The van der Waals surface area contributed by atoms with E-state index in [-0.39, 0.29) is 11.8 Å². The van der Waals surface area contributed by atoms with Crippen molar-refractivity contribution < 1.29 is 14.7 Å². The standard InChI is InChI=1S/C17H15N3O3/c1-20(14-8-4-5-9-18-14)16(21)17-10-12(17)15(19-22)11-6-2-3-7-13(11)23-17/h2-9,12,22H,10H2,1H3. The summed E-state index contributed by atoms with van der Waals surface area (Å²) in [7, 11) is 1.68. The molecule has 1 aromatic heterocycles. The number of carbonyl (C=O) groups is 1. The highest BCUT2D eigenvalue weighted by molar-refractivity contribution is 6.15. The normalized spacial score (nSPS) is 26.0. The Morgan fingerprint density at radius 3 is 2.87 bits per heavy atom. The van der Waals surface area contributed by atoms with Crippen molar-refractivity contribution in [3.05, 3.63) is 54.2 Å². The number of oxime groups is 1. The number of ether oxygens (including phenoxy) is 1. The van der Waals surface area contributed by atoms with Gasteiger partial charge in [-0.05, 0) is 24.3 Å². The van der Waals surface area contributed by atoms with Crippen LogP contribution < -0.4 is 9.64 Å². The van der Waals surface area contributed by atoms with Crippen LogP contribution in [0.2, 0.25) is 0 Å². The Morgan fingerprint density at radius 2 is 2.13 bits per heavy atom. The van der Waals surface area contributed by atoms with Gasteiger partial charge < -0.3 is 9.94 Å². The molecule has 1 N–H and O–H groups in total. The molecular weight excluding hydrogens is 294 g/mol. The molecule has 1 fully saturated rings. The van der Waals surface area contributed by atoms with Gasteiger partial charge in [-0.1, -0.05) is 23.4 Å². The lowest BCUT2D eigenvalue weighted by Gasteiger charge is -2.29. The second kappa shape index (κ2) is 4.81. The number of rotatable bonds is 2. The smallest absolute Gasteiger partial charge is 0.272 e. The Kier molecular flexibility index (Phi) is 2.87. The lowest BCUT2D eigenvalue weighted by molar-refractivity contribution is -0.127. The van der Waals surface area contributed by atoms with E-state index in [9.17, 15) is 10.0 Å². The Balaban J connectivity index is 1.70. The molecule has 1 amide bonds. The molecule has 23 heavy (non-hydrogen) atoms. The summed E-state index contributed by atoms with van der Waals surface area (Å²) < 4.78 is 6.02. The molecule has 1 aliphatic carbocycles. The molecule has 116 valence electrons. The van der Waals surface area contributed by atoms with E-state index in [1.54, 1.807) is 31.4 Å². The van der Waals surface area contributed by atoms with Crippen LogP contribution in [0.3, 0.4) is 0 Å². The maximum atomic E-state index is 13.0. The molecule has 2 atom stereocenters. The summed E-state index contributed by atoms with van der Waals surface area (Å²) >= 11 is 0. The molecule has 6 nitrogen and oxygen atoms in total. The molecule has 0 radical (unpaired) electrons. The number of para-hydroxylation sites is 1. The van der Waals surface area contributed by atoms with Crippen LogP contribution in [-0.2, 0) is 4.79 Å². The van der Waals surface area contributed by atoms with Crippen molar-refractivity contribution in [1.82, 2.24) is 4.98 Å². The van der Waals surface area contributed by atoms with Gasteiger partial charge in [0, 0.05) is 25.2 Å². The lowest BCUT2D eigenvalue weighted by atomic mass is 9.99. The van der Waals surface area contributed by atoms with Crippen LogP contribution in [0.1, 0.15) is 12.0 Å². The minimum atomic E-state index is -0.998. The van der Waals surface area contributed by atoms with Gasteiger partial charge in [0.05, 0.1) is 11.6 Å². The number of nitrogens with zero attached hydrogens (tertiary/aromatic N) is 3. The molecule has 6 heteroatoms. The van der Waals surface area contributed by atoms with Crippen LogP contribution in [0, 0.1) is 5.92 Å². The fourth-order valence-corrected chi connectivity index (χ4v) is 3.17. The Labute approximate surface area is 133 Å². The van der Waals surface area contributed by atoms with Gasteiger partial charge in [-0.25, -0.2) is 4.98 Å². The third-order valence-electron chi connectivity index (χ3n) is 4.46. The highest BCUT2D eigenvalue weighted by atomic mass is 16.5. The maximum absolute atomic E-state index is 13.0. The van der Waals surface area contributed by atoms with E-state index in [0.29, 0.717) is 23.7 Å². The molecule has 1 aromatic carbocycles. The van der Waals surface area contributed by atoms with Crippen LogP contribution in [0.25, 0.3) is 0 Å². The minimum Gasteiger partial charge on any atom is -0.476 e. The molecule has 2 unspecified atom stereocenters. The van der Waals surface area contributed by atoms with Crippen LogP contribution in [-0.4, -0.2) is 34.5 Å². The Hall–Kier alpha value is -2.89. The van der Waals surface area contributed by atoms with Crippen molar-refractivity contribution >= 4 is 17.4 Å². The minimum absolute atomic E-state index is 0.183. The fraction of sp³-hybridized carbons (Fsp3) is 0.235. The average molecular weight is 309 g/mol. The number of benzene rings is 1. The second-order valence-electron chi connectivity index (χ2n) is 5.78. The summed E-state index contributed by atoms with van der Waals surface area (Å²) in [6.45, 7) is 0. The number of aromatic nitrogens is 1. The predicted molar refractivity (Wildman–Crippen MR) is 83.9 cm³/mol. The number of hydrogen-bond acceptors (Lipinski definition) is 5. The first kappa shape index (κ1) is 13.8. The van der Waals surface area contributed by atoms with Crippen LogP contribution in [0.15, 0.2) is 53.8 Å². The molecule has 0 saturated heterocycles. The highest BCUT2D eigenvalue weighted by Crippen LogP contribution is 2.55. The van der Waals surface area contributed by atoms with Gasteiger partial charge in [-0.3, -0.25) is 9.69 Å². The van der Waals surface area contributed by atoms with Gasteiger partial charge in [-0.15, -0.1) is 0 Å². The summed E-state index contributed by atoms with van der Waals surface area (Å²) in [5.41, 5.74) is 0.248. The first-order chi connectivity index (χ1) is 11.2. The summed E-state index contributed by atoms with van der Waals surface area (Å²) in [4.78, 5) is 18.6. The summed E-state index contributed by atoms with van der Waals surface area (Å²) in [6.07, 6.45) is 2.13. The highest BCUT2D eigenvalue weighted by Gasteiger charge is 2.69. The van der Waals surface area contributed by atoms with Crippen molar-refractivity contribution in [2.24, 2.45) is 11.1 Å². The quantitative estimate of drug-likeness (QED) is 0.681. The summed E-state index contributed by atoms with van der Waals surface area (Å²) in [6, 6.07) is 12.7. The monoisotopic (exact) mass is 309 g/mol. The first-order valence-electron chi connectivity index (χ1n) is 7.37. The molecule has 0 spiro atoms. The van der Waals surface area contributed by atoms with Gasteiger partial charge in [0.1, 0.15) is 11.6 Å². The van der Waals surface area contributed by atoms with E-state index in [1.165, 1.54) is 4.90 Å². The van der Waals surface area contributed by atoms with Crippen LogP contribution >= 0.6 is 0 Å². The van der Waals surface area contributed by atoms with Gasteiger partial charge in [0.2, 0.25) is 0 Å². The van der Waals surface area contributed by atoms with Crippen molar-refractivity contribution in [1.29, 1.82) is 0 Å². The number of carbonyl (C=O) groups excluding carboxylic acids is 1. The largest absolute Gasteiger partial charge is 0.476 e. The topological polar surface area (TPSA) is 75.0 Å². The second-order valence-corrected chi connectivity index (χ2v) is 5.78. The van der Waals surface area contributed by atoms with Crippen molar-refractivity contribution in [2.75, 3.05) is 11.9 Å². The number of fused-ring (bicyclic) bond motifs is 2. The third-order valence-corrected chi connectivity index (χ3v) is 4.46. The number of hydrogen-bond donors (Lipinski definition) is 1. The van der Waals surface area contributed by atoms with E-state index in [4.69, 9.17) is 4.74 Å². The molecular formula is C17H15N3O3. The van der Waals surface area contributed by atoms with Crippen molar-refractivity contribution in [3.8, 4) is 5.75 Å². The zero-order valence-electron chi connectivity index (χ0n) is 12.5. The number of anilines is 1. The lowest BCUT2D eigenvalue weighted by Crippen LogP contribution is -2.46.